The maximum atomic E-state index is 12.2. The molecule has 0 heterocycles. The molecule has 1 atom stereocenters. The lowest BCUT2D eigenvalue weighted by Gasteiger charge is -2.22. The summed E-state index contributed by atoms with van der Waals surface area (Å²) in [5.41, 5.74) is 0.564. The Labute approximate surface area is 98.9 Å². The zero-order valence-corrected chi connectivity index (χ0v) is 11.5. The lowest BCUT2D eigenvalue weighted by molar-refractivity contribution is -0.116. The summed E-state index contributed by atoms with van der Waals surface area (Å²) in [6, 6.07) is 0. The fraction of sp³-hybridized carbons (Fsp3) is 0.462. The number of ketones is 1. The molecule has 0 rings (SSSR count). The van der Waals surface area contributed by atoms with Crippen molar-refractivity contribution in [2.75, 3.05) is 6.16 Å². The van der Waals surface area contributed by atoms with Crippen LogP contribution in [0.5, 0.6) is 0 Å². The van der Waals surface area contributed by atoms with Crippen LogP contribution in [0.4, 0.5) is 0 Å². The predicted octanol–water partition coefficient (Wildman–Crippen LogP) is 3.60. The zero-order chi connectivity index (χ0) is 12.8. The van der Waals surface area contributed by atoms with Crippen molar-refractivity contribution in [3.8, 4) is 0 Å². The van der Waals surface area contributed by atoms with Gasteiger partial charge in [-0.15, -0.1) is 0 Å². The van der Waals surface area contributed by atoms with E-state index >= 15 is 0 Å². The molecule has 90 valence electrons. The zero-order valence-electron chi connectivity index (χ0n) is 10.5. The molecule has 0 amide bonds. The molecule has 3 heteroatoms. The van der Waals surface area contributed by atoms with Crippen molar-refractivity contribution in [2.45, 2.75) is 32.9 Å². The van der Waals surface area contributed by atoms with E-state index in [-0.39, 0.29) is 5.78 Å². The Morgan fingerprint density at radius 2 is 2.00 bits per heavy atom. The van der Waals surface area contributed by atoms with Crippen molar-refractivity contribution in [3.63, 3.8) is 0 Å². The van der Waals surface area contributed by atoms with Crippen molar-refractivity contribution >= 4 is 13.6 Å². The van der Waals surface area contributed by atoms with E-state index < -0.39 is 13.0 Å². The second-order valence-corrected chi connectivity index (χ2v) is 6.89. The highest BCUT2D eigenvalue weighted by Crippen LogP contribution is 2.40. The summed E-state index contributed by atoms with van der Waals surface area (Å²) in [7, 11) is -1.89. The van der Waals surface area contributed by atoms with Gasteiger partial charge in [0.05, 0.1) is 13.0 Å². The lowest BCUT2D eigenvalue weighted by atomic mass is 9.99. The van der Waals surface area contributed by atoms with Crippen LogP contribution < -0.4 is 0 Å². The predicted molar refractivity (Wildman–Crippen MR) is 71.7 cm³/mol. The molecule has 2 nitrogen and oxygen atoms in total. The lowest BCUT2D eigenvalue weighted by Crippen LogP contribution is -2.29. The van der Waals surface area contributed by atoms with Gasteiger partial charge in [0, 0.05) is 5.57 Å². The number of hydrogen-bond acceptors (Lipinski definition) is 2. The van der Waals surface area contributed by atoms with Crippen LogP contribution in [0.15, 0.2) is 36.5 Å². The van der Waals surface area contributed by atoms with Gasteiger partial charge in [-0.25, -0.2) is 0 Å². The molecular weight excluding hydrogens is 219 g/mol. The maximum Gasteiger partial charge on any atom is 0.175 e. The molecule has 0 saturated heterocycles. The quantitative estimate of drug-likeness (QED) is 0.404. The van der Waals surface area contributed by atoms with Gasteiger partial charge in [0.1, 0.15) is 0 Å². The molecule has 0 bridgehead atoms. The van der Waals surface area contributed by atoms with Crippen LogP contribution in [0.3, 0.4) is 0 Å². The molecule has 0 aliphatic heterocycles. The highest BCUT2D eigenvalue weighted by atomic mass is 31.1. The Kier molecular flexibility index (Phi) is 6.28. The van der Waals surface area contributed by atoms with Crippen molar-refractivity contribution in [1.29, 1.82) is 0 Å². The Hall–Kier alpha value is -0.880. The minimum absolute atomic E-state index is 0.0729. The number of hydrogen-bond donors (Lipinski definition) is 0. The molecule has 0 aromatic heterocycles. The van der Waals surface area contributed by atoms with E-state index in [2.05, 4.69) is 6.58 Å². The van der Waals surface area contributed by atoms with E-state index in [1.807, 2.05) is 13.8 Å². The van der Waals surface area contributed by atoms with E-state index in [0.717, 1.165) is 0 Å². The number of carbonyl (C=O) groups excluding carboxylic acids is 1. The average molecular weight is 240 g/mol. The first kappa shape index (κ1) is 15.1. The first-order valence-electron chi connectivity index (χ1n) is 5.45. The number of carbonyl (C=O) groups is 1. The van der Waals surface area contributed by atoms with E-state index in [1.165, 1.54) is 0 Å². The summed E-state index contributed by atoms with van der Waals surface area (Å²) in [6.07, 6.45) is 7.32. The van der Waals surface area contributed by atoms with E-state index in [0.29, 0.717) is 11.7 Å². The summed E-state index contributed by atoms with van der Waals surface area (Å²) < 4.78 is 11.9. The minimum atomic E-state index is -1.89. The molecule has 1 unspecified atom stereocenters. The van der Waals surface area contributed by atoms with Gasteiger partial charge in [-0.1, -0.05) is 37.8 Å². The number of Topliss-reactive ketones (excluding diaryl/α,β-unsaturated/α-hetero) is 1. The fourth-order valence-corrected chi connectivity index (χ4v) is 2.72. The molecule has 0 N–H and O–H groups in total. The second-order valence-electron chi connectivity index (χ2n) is 4.09. The van der Waals surface area contributed by atoms with Gasteiger partial charge in [-0.3, -0.25) is 4.79 Å². The molecule has 0 radical (unpaired) electrons. The van der Waals surface area contributed by atoms with Gasteiger partial charge in [0.25, 0.3) is 0 Å². The second kappa shape index (κ2) is 6.65. The summed E-state index contributed by atoms with van der Waals surface area (Å²) in [6.45, 7) is 10.8. The Morgan fingerprint density at radius 3 is 2.38 bits per heavy atom. The highest BCUT2D eigenvalue weighted by molar-refractivity contribution is 7.47. The molecule has 0 spiro atoms. The third kappa shape index (κ3) is 3.61. The number of allylic oxidation sites excluding steroid dienone is 5. The normalized spacial score (nSPS) is 15.1. The van der Waals surface area contributed by atoms with Crippen molar-refractivity contribution < 1.29 is 9.36 Å². The molecular formula is C13H21O2P. The monoisotopic (exact) mass is 240 g/mol. The molecule has 0 aliphatic carbocycles. The Balaban J connectivity index is 5.23. The molecule has 0 aliphatic rings. The Bertz CT molecular complexity index is 349. The van der Waals surface area contributed by atoms with Crippen molar-refractivity contribution in [2.24, 2.45) is 0 Å². The van der Waals surface area contributed by atoms with Crippen LogP contribution in [-0.4, -0.2) is 17.1 Å². The van der Waals surface area contributed by atoms with Gasteiger partial charge >= 0.3 is 0 Å². The van der Waals surface area contributed by atoms with Gasteiger partial charge < -0.3 is 4.57 Å². The van der Waals surface area contributed by atoms with E-state index in [4.69, 9.17) is 0 Å². The van der Waals surface area contributed by atoms with Crippen LogP contribution in [-0.2, 0) is 9.36 Å². The van der Waals surface area contributed by atoms with Crippen LogP contribution >= 0.6 is 7.80 Å². The van der Waals surface area contributed by atoms with Gasteiger partial charge in [-0.05, 0) is 26.9 Å². The van der Waals surface area contributed by atoms with Crippen molar-refractivity contribution in [3.05, 3.63) is 36.5 Å². The smallest absolute Gasteiger partial charge is 0.175 e. The molecule has 0 saturated carbocycles. The molecule has 0 fully saturated rings. The van der Waals surface area contributed by atoms with Gasteiger partial charge in [0.15, 0.2) is 5.78 Å². The standard InChI is InChI=1S/C13H21O2P/c1-6-9-11(10-7-2)12(14)13(4,5)16(15)8-3/h6-7,9-10,16H,1,8H2,2-5H3/b10-7-,11-9+. The first-order chi connectivity index (χ1) is 7.41. The minimum Gasteiger partial charge on any atom is -0.326 e. The highest BCUT2D eigenvalue weighted by Gasteiger charge is 2.33. The summed E-state index contributed by atoms with van der Waals surface area (Å²) in [5, 5.41) is -0.770. The van der Waals surface area contributed by atoms with Crippen LogP contribution in [0.1, 0.15) is 27.7 Å². The van der Waals surface area contributed by atoms with E-state index in [9.17, 15) is 9.36 Å². The van der Waals surface area contributed by atoms with Crippen molar-refractivity contribution in [1.82, 2.24) is 0 Å². The van der Waals surface area contributed by atoms with E-state index in [1.54, 1.807) is 38.2 Å². The molecule has 16 heavy (non-hydrogen) atoms. The molecule has 0 aromatic rings. The fourth-order valence-electron chi connectivity index (χ4n) is 1.44. The van der Waals surface area contributed by atoms with Crippen LogP contribution in [0, 0.1) is 0 Å². The first-order valence-corrected chi connectivity index (χ1v) is 7.06. The maximum absolute atomic E-state index is 12.2. The SMILES string of the molecule is C=C/C=C(\C=C/C)C(=O)C(C)(C)[PH](=O)CC. The summed E-state index contributed by atoms with van der Waals surface area (Å²) in [4.78, 5) is 12.2. The van der Waals surface area contributed by atoms with Gasteiger partial charge in [0.2, 0.25) is 0 Å². The topological polar surface area (TPSA) is 34.1 Å². The van der Waals surface area contributed by atoms with Gasteiger partial charge in [-0.2, -0.15) is 0 Å². The Morgan fingerprint density at radius 1 is 1.44 bits per heavy atom. The van der Waals surface area contributed by atoms with Crippen LogP contribution in [0.25, 0.3) is 0 Å². The third-order valence-electron chi connectivity index (χ3n) is 2.49. The summed E-state index contributed by atoms with van der Waals surface area (Å²) in [5.74, 6) is -0.0729. The largest absolute Gasteiger partial charge is 0.326 e. The molecule has 0 aromatic carbocycles. The average Bonchev–Trinajstić information content (AvgIpc) is 2.26. The van der Waals surface area contributed by atoms with Crippen LogP contribution in [0.2, 0.25) is 0 Å². The third-order valence-corrected chi connectivity index (χ3v) is 4.76. The number of rotatable bonds is 6. The summed E-state index contributed by atoms with van der Waals surface area (Å²) >= 11 is 0.